The molecule has 0 bridgehead atoms. The van der Waals surface area contributed by atoms with Gasteiger partial charge in [-0.05, 0) is 45.2 Å². The molecular formula is C17H27NOS. The first-order chi connectivity index (χ1) is 9.48. The number of ether oxygens (including phenoxy) is 1. The molecule has 0 aromatic carbocycles. The van der Waals surface area contributed by atoms with Crippen LogP contribution in [0.15, 0.2) is 12.1 Å². The van der Waals surface area contributed by atoms with Crippen molar-refractivity contribution < 1.29 is 4.74 Å². The second-order valence-corrected chi connectivity index (χ2v) is 8.55. The number of rotatable bonds is 4. The molecule has 0 amide bonds. The van der Waals surface area contributed by atoms with Crippen LogP contribution in [0.3, 0.4) is 0 Å². The zero-order valence-electron chi connectivity index (χ0n) is 13.1. The molecule has 2 nitrogen and oxygen atoms in total. The molecule has 0 radical (unpaired) electrons. The Morgan fingerprint density at radius 3 is 2.95 bits per heavy atom. The van der Waals surface area contributed by atoms with Crippen LogP contribution >= 0.6 is 11.3 Å². The van der Waals surface area contributed by atoms with E-state index < -0.39 is 0 Å². The average molecular weight is 293 g/mol. The molecule has 1 N–H and O–H groups in total. The summed E-state index contributed by atoms with van der Waals surface area (Å²) in [5, 5.41) is 3.89. The zero-order chi connectivity index (χ0) is 14.3. The Morgan fingerprint density at radius 1 is 1.45 bits per heavy atom. The summed E-state index contributed by atoms with van der Waals surface area (Å²) in [6.45, 7) is 10.2. The van der Waals surface area contributed by atoms with Crippen LogP contribution in [0, 0.1) is 18.3 Å². The summed E-state index contributed by atoms with van der Waals surface area (Å²) < 4.78 is 5.99. The Bertz CT molecular complexity index is 467. The Hall–Kier alpha value is -0.380. The van der Waals surface area contributed by atoms with Crippen molar-refractivity contribution in [2.24, 2.45) is 11.3 Å². The minimum absolute atomic E-state index is 0.282. The van der Waals surface area contributed by atoms with E-state index >= 15 is 0 Å². The molecule has 2 fully saturated rings. The third kappa shape index (κ3) is 2.56. The highest BCUT2D eigenvalue weighted by Gasteiger charge is 2.57. The topological polar surface area (TPSA) is 21.3 Å². The normalized spacial score (nSPS) is 33.3. The number of aryl methyl sites for hydroxylation is 1. The van der Waals surface area contributed by atoms with Crippen LogP contribution in [-0.2, 0) is 11.2 Å². The third-order valence-corrected chi connectivity index (χ3v) is 6.12. The van der Waals surface area contributed by atoms with Crippen LogP contribution in [0.5, 0.6) is 0 Å². The maximum absolute atomic E-state index is 5.99. The van der Waals surface area contributed by atoms with Gasteiger partial charge in [-0.3, -0.25) is 0 Å². The van der Waals surface area contributed by atoms with Gasteiger partial charge in [0, 0.05) is 39.8 Å². The van der Waals surface area contributed by atoms with Crippen LogP contribution in [0.25, 0.3) is 0 Å². The maximum atomic E-state index is 5.99. The van der Waals surface area contributed by atoms with E-state index in [0.29, 0.717) is 18.2 Å². The van der Waals surface area contributed by atoms with E-state index in [2.05, 4.69) is 45.1 Å². The van der Waals surface area contributed by atoms with Gasteiger partial charge < -0.3 is 10.1 Å². The van der Waals surface area contributed by atoms with Crippen molar-refractivity contribution in [3.63, 3.8) is 0 Å². The van der Waals surface area contributed by atoms with Crippen molar-refractivity contribution in [1.29, 1.82) is 0 Å². The number of hydrogen-bond donors (Lipinski definition) is 1. The van der Waals surface area contributed by atoms with E-state index in [0.717, 1.165) is 18.9 Å². The van der Waals surface area contributed by atoms with Gasteiger partial charge in [0.25, 0.3) is 0 Å². The van der Waals surface area contributed by atoms with Gasteiger partial charge in [0.2, 0.25) is 0 Å². The smallest absolute Gasteiger partial charge is 0.0684 e. The average Bonchev–Trinajstić information content (AvgIpc) is 2.81. The molecule has 1 aliphatic heterocycles. The Balaban J connectivity index is 1.59. The number of hydrogen-bond acceptors (Lipinski definition) is 3. The predicted molar refractivity (Wildman–Crippen MR) is 85.4 cm³/mol. The standard InChI is InChI=1S/C17H27NOS/c1-11(10-13-8-7-12(2)20-13)18-15-14-6-5-9-19-16(14)17(15,3)4/h7-8,11,14-16,18H,5-6,9-10H2,1-4H3. The second kappa shape index (κ2) is 5.43. The summed E-state index contributed by atoms with van der Waals surface area (Å²) in [5.41, 5.74) is 0.282. The molecule has 1 saturated heterocycles. The van der Waals surface area contributed by atoms with Gasteiger partial charge in [-0.25, -0.2) is 0 Å². The molecule has 4 atom stereocenters. The van der Waals surface area contributed by atoms with Crippen molar-refractivity contribution in [1.82, 2.24) is 5.32 Å². The molecular weight excluding hydrogens is 266 g/mol. The lowest BCUT2D eigenvalue weighted by Gasteiger charge is -2.60. The number of thiophene rings is 1. The highest BCUT2D eigenvalue weighted by atomic mass is 32.1. The molecule has 1 aliphatic carbocycles. The second-order valence-electron chi connectivity index (χ2n) is 7.18. The Labute approximate surface area is 126 Å². The highest BCUT2D eigenvalue weighted by molar-refractivity contribution is 7.11. The van der Waals surface area contributed by atoms with Gasteiger partial charge in [0.05, 0.1) is 6.10 Å². The van der Waals surface area contributed by atoms with Gasteiger partial charge in [0.1, 0.15) is 0 Å². The van der Waals surface area contributed by atoms with Crippen LogP contribution in [0.1, 0.15) is 43.4 Å². The monoisotopic (exact) mass is 293 g/mol. The SMILES string of the molecule is Cc1ccc(CC(C)NC2C3CCCOC3C2(C)C)s1. The van der Waals surface area contributed by atoms with E-state index in [4.69, 9.17) is 4.74 Å². The summed E-state index contributed by atoms with van der Waals surface area (Å²) in [6, 6.07) is 5.66. The number of fused-ring (bicyclic) bond motifs is 1. The highest BCUT2D eigenvalue weighted by Crippen LogP contribution is 2.51. The van der Waals surface area contributed by atoms with Crippen molar-refractivity contribution in [3.8, 4) is 0 Å². The fourth-order valence-corrected chi connectivity index (χ4v) is 5.14. The van der Waals surface area contributed by atoms with Crippen molar-refractivity contribution >= 4 is 11.3 Å². The summed E-state index contributed by atoms with van der Waals surface area (Å²) in [4.78, 5) is 2.91. The molecule has 2 heterocycles. The number of nitrogens with one attached hydrogen (secondary N) is 1. The van der Waals surface area contributed by atoms with Crippen LogP contribution in [-0.4, -0.2) is 24.8 Å². The van der Waals surface area contributed by atoms with Crippen molar-refractivity contribution in [3.05, 3.63) is 21.9 Å². The maximum Gasteiger partial charge on any atom is 0.0684 e. The molecule has 1 aromatic heterocycles. The van der Waals surface area contributed by atoms with E-state index in [-0.39, 0.29) is 5.41 Å². The fourth-order valence-electron chi connectivity index (χ4n) is 4.12. The molecule has 4 unspecified atom stereocenters. The Morgan fingerprint density at radius 2 is 2.25 bits per heavy atom. The third-order valence-electron chi connectivity index (χ3n) is 5.10. The van der Waals surface area contributed by atoms with Crippen molar-refractivity contribution in [2.75, 3.05) is 6.61 Å². The van der Waals surface area contributed by atoms with Crippen LogP contribution in [0.4, 0.5) is 0 Å². The summed E-state index contributed by atoms with van der Waals surface area (Å²) in [7, 11) is 0. The van der Waals surface area contributed by atoms with E-state index in [9.17, 15) is 0 Å². The molecule has 112 valence electrons. The molecule has 0 spiro atoms. The van der Waals surface area contributed by atoms with Gasteiger partial charge in [-0.2, -0.15) is 0 Å². The van der Waals surface area contributed by atoms with Gasteiger partial charge in [0.15, 0.2) is 0 Å². The molecule has 1 aromatic rings. The lowest BCUT2D eigenvalue weighted by Crippen LogP contribution is -2.70. The molecule has 1 saturated carbocycles. The molecule has 3 rings (SSSR count). The van der Waals surface area contributed by atoms with E-state index in [1.807, 2.05) is 11.3 Å². The quantitative estimate of drug-likeness (QED) is 0.912. The fraction of sp³-hybridized carbons (Fsp3) is 0.765. The Kier molecular flexibility index (Phi) is 3.95. The van der Waals surface area contributed by atoms with Crippen LogP contribution in [0.2, 0.25) is 0 Å². The minimum atomic E-state index is 0.282. The zero-order valence-corrected chi connectivity index (χ0v) is 13.9. The summed E-state index contributed by atoms with van der Waals surface area (Å²) in [5.74, 6) is 0.728. The first kappa shape index (κ1) is 14.6. The summed E-state index contributed by atoms with van der Waals surface area (Å²) in [6.07, 6.45) is 4.18. The van der Waals surface area contributed by atoms with Gasteiger partial charge >= 0.3 is 0 Å². The van der Waals surface area contributed by atoms with E-state index in [1.165, 1.54) is 22.6 Å². The summed E-state index contributed by atoms with van der Waals surface area (Å²) >= 11 is 1.93. The lowest BCUT2D eigenvalue weighted by atomic mass is 9.55. The molecule has 2 aliphatic rings. The van der Waals surface area contributed by atoms with Gasteiger partial charge in [-0.1, -0.05) is 13.8 Å². The minimum Gasteiger partial charge on any atom is -0.377 e. The largest absolute Gasteiger partial charge is 0.377 e. The first-order valence-corrected chi connectivity index (χ1v) is 8.73. The van der Waals surface area contributed by atoms with Crippen molar-refractivity contribution in [2.45, 2.75) is 65.1 Å². The molecule has 3 heteroatoms. The van der Waals surface area contributed by atoms with E-state index in [1.54, 1.807) is 0 Å². The predicted octanol–water partition coefficient (Wildman–Crippen LogP) is 3.78. The lowest BCUT2D eigenvalue weighted by molar-refractivity contribution is -0.194. The van der Waals surface area contributed by atoms with Gasteiger partial charge in [-0.15, -0.1) is 11.3 Å². The van der Waals surface area contributed by atoms with Crippen LogP contribution < -0.4 is 5.32 Å². The first-order valence-electron chi connectivity index (χ1n) is 7.91. The molecule has 20 heavy (non-hydrogen) atoms.